The zero-order chi connectivity index (χ0) is 15.8. The number of aromatic nitrogens is 3. The van der Waals surface area contributed by atoms with Gasteiger partial charge in [0.05, 0.1) is 14.2 Å². The van der Waals surface area contributed by atoms with Gasteiger partial charge in [-0.05, 0) is 24.6 Å². The van der Waals surface area contributed by atoms with E-state index in [0.29, 0.717) is 17.1 Å². The molecule has 5 nitrogen and oxygen atoms in total. The highest BCUT2D eigenvalue weighted by Crippen LogP contribution is 2.39. The molecule has 0 fully saturated rings. The van der Waals surface area contributed by atoms with Crippen molar-refractivity contribution in [1.29, 1.82) is 0 Å². The van der Waals surface area contributed by atoms with Gasteiger partial charge < -0.3 is 9.47 Å². The average molecular weight is 301 g/mol. The van der Waals surface area contributed by atoms with E-state index in [1.54, 1.807) is 12.1 Å². The van der Waals surface area contributed by atoms with Crippen LogP contribution in [0.1, 0.15) is 11.4 Å². The Hall–Kier alpha value is -2.25. The van der Waals surface area contributed by atoms with Crippen molar-refractivity contribution in [2.45, 2.75) is 13.1 Å². The average Bonchev–Trinajstić information content (AvgIpc) is 2.79. The van der Waals surface area contributed by atoms with Crippen molar-refractivity contribution in [3.63, 3.8) is 0 Å². The van der Waals surface area contributed by atoms with Crippen LogP contribution in [0.5, 0.6) is 11.5 Å². The summed E-state index contributed by atoms with van der Waals surface area (Å²) in [6.45, 7) is 1.83. The van der Waals surface area contributed by atoms with Gasteiger partial charge >= 0.3 is 6.18 Å². The van der Waals surface area contributed by atoms with Crippen molar-refractivity contribution in [2.24, 2.45) is 7.05 Å². The Kier molecular flexibility index (Phi) is 3.80. The minimum Gasteiger partial charge on any atom is -0.496 e. The highest BCUT2D eigenvalue weighted by molar-refractivity contribution is 5.73. The van der Waals surface area contributed by atoms with Crippen molar-refractivity contribution in [3.05, 3.63) is 23.5 Å². The molecule has 8 heteroatoms. The summed E-state index contributed by atoms with van der Waals surface area (Å²) in [5, 5.41) is 3.40. The maximum atomic E-state index is 12.7. The largest absolute Gasteiger partial charge is 0.496 e. The molecule has 2 aromatic rings. The number of hydrogen-bond donors (Lipinski definition) is 0. The van der Waals surface area contributed by atoms with E-state index >= 15 is 0 Å². The summed E-state index contributed by atoms with van der Waals surface area (Å²) < 4.78 is 49.7. The molecule has 0 aliphatic carbocycles. The third-order valence-corrected chi connectivity index (χ3v) is 2.89. The lowest BCUT2D eigenvalue weighted by Gasteiger charge is -2.13. The molecule has 1 aromatic heterocycles. The zero-order valence-corrected chi connectivity index (χ0v) is 11.9. The molecule has 0 aliphatic rings. The summed E-state index contributed by atoms with van der Waals surface area (Å²) in [4.78, 5) is 3.57. The molecule has 0 saturated heterocycles. The standard InChI is InChI=1S/C13H14F3N3O2/c1-7-5-8(20-3)10(9(6-7)21-4)11-17-12(13(14,15)16)18-19(11)2/h5-6H,1-4H3. The molecule has 114 valence electrons. The van der Waals surface area contributed by atoms with Gasteiger partial charge in [0, 0.05) is 7.05 Å². The molecular weight excluding hydrogens is 287 g/mol. The molecule has 1 heterocycles. The summed E-state index contributed by atoms with van der Waals surface area (Å²) >= 11 is 0. The van der Waals surface area contributed by atoms with Crippen LogP contribution in [0, 0.1) is 6.92 Å². The van der Waals surface area contributed by atoms with Crippen LogP contribution in [0.25, 0.3) is 11.4 Å². The second kappa shape index (κ2) is 5.27. The number of ether oxygens (including phenoxy) is 2. The first-order chi connectivity index (χ1) is 9.77. The third kappa shape index (κ3) is 2.79. The molecule has 0 spiro atoms. The Labute approximate surface area is 119 Å². The van der Waals surface area contributed by atoms with Crippen molar-refractivity contribution >= 4 is 0 Å². The number of halogens is 3. The van der Waals surface area contributed by atoms with E-state index in [-0.39, 0.29) is 5.82 Å². The molecule has 2 rings (SSSR count). The summed E-state index contributed by atoms with van der Waals surface area (Å²) in [5.74, 6) is -0.437. The van der Waals surface area contributed by atoms with Gasteiger partial charge in [-0.1, -0.05) is 0 Å². The van der Waals surface area contributed by atoms with Gasteiger partial charge in [-0.25, -0.2) is 9.67 Å². The third-order valence-electron chi connectivity index (χ3n) is 2.89. The molecule has 0 unspecified atom stereocenters. The Morgan fingerprint density at radius 3 is 2.00 bits per heavy atom. The Morgan fingerprint density at radius 2 is 1.62 bits per heavy atom. The fraction of sp³-hybridized carbons (Fsp3) is 0.385. The van der Waals surface area contributed by atoms with Crippen molar-refractivity contribution < 1.29 is 22.6 Å². The fourth-order valence-electron chi connectivity index (χ4n) is 1.99. The van der Waals surface area contributed by atoms with Gasteiger partial charge in [-0.2, -0.15) is 13.2 Å². The number of rotatable bonds is 3. The van der Waals surface area contributed by atoms with Gasteiger partial charge in [0.2, 0.25) is 0 Å². The van der Waals surface area contributed by atoms with Gasteiger partial charge in [0.1, 0.15) is 17.1 Å². The van der Waals surface area contributed by atoms with E-state index in [2.05, 4.69) is 10.1 Å². The number of alkyl halides is 3. The van der Waals surface area contributed by atoms with Crippen molar-refractivity contribution in [1.82, 2.24) is 14.8 Å². The van der Waals surface area contributed by atoms with Crippen molar-refractivity contribution in [3.8, 4) is 22.9 Å². The first kappa shape index (κ1) is 15.1. The van der Waals surface area contributed by atoms with Crippen molar-refractivity contribution in [2.75, 3.05) is 14.2 Å². The van der Waals surface area contributed by atoms with Crippen LogP contribution >= 0.6 is 0 Å². The number of benzene rings is 1. The molecule has 0 N–H and O–H groups in total. The van der Waals surface area contributed by atoms with Crippen LogP contribution < -0.4 is 9.47 Å². The molecule has 1 aromatic carbocycles. The number of hydrogen-bond acceptors (Lipinski definition) is 4. The second-order valence-corrected chi connectivity index (χ2v) is 4.42. The molecule has 0 saturated carbocycles. The zero-order valence-electron chi connectivity index (χ0n) is 11.9. The summed E-state index contributed by atoms with van der Waals surface area (Å²) in [5.41, 5.74) is 1.18. The maximum absolute atomic E-state index is 12.7. The summed E-state index contributed by atoms with van der Waals surface area (Å²) in [7, 11) is 4.24. The van der Waals surface area contributed by atoms with E-state index in [1.165, 1.54) is 21.3 Å². The van der Waals surface area contributed by atoms with Crippen LogP contribution in [0.3, 0.4) is 0 Å². The maximum Gasteiger partial charge on any atom is 0.453 e. The van der Waals surface area contributed by atoms with Crippen LogP contribution in [-0.2, 0) is 13.2 Å². The van der Waals surface area contributed by atoms with Gasteiger partial charge in [-0.3, -0.25) is 0 Å². The van der Waals surface area contributed by atoms with Crippen LogP contribution in [-0.4, -0.2) is 29.0 Å². The monoisotopic (exact) mass is 301 g/mol. The molecule has 0 amide bonds. The number of aryl methyl sites for hydroxylation is 2. The summed E-state index contributed by atoms with van der Waals surface area (Å²) in [6, 6.07) is 3.39. The number of nitrogens with zero attached hydrogens (tertiary/aromatic N) is 3. The Bertz CT molecular complexity index is 640. The highest BCUT2D eigenvalue weighted by atomic mass is 19.4. The smallest absolute Gasteiger partial charge is 0.453 e. The molecule has 0 aliphatic heterocycles. The molecule has 21 heavy (non-hydrogen) atoms. The quantitative estimate of drug-likeness (QED) is 0.874. The van der Waals surface area contributed by atoms with E-state index in [9.17, 15) is 13.2 Å². The predicted octanol–water partition coefficient (Wildman–Crippen LogP) is 2.83. The molecular formula is C13H14F3N3O2. The van der Waals surface area contributed by atoms with Gasteiger partial charge in [0.25, 0.3) is 5.82 Å². The predicted molar refractivity (Wildman–Crippen MR) is 69.3 cm³/mol. The number of methoxy groups -OCH3 is 2. The second-order valence-electron chi connectivity index (χ2n) is 4.42. The van der Waals surface area contributed by atoms with E-state index in [1.807, 2.05) is 6.92 Å². The fourth-order valence-corrected chi connectivity index (χ4v) is 1.99. The first-order valence-corrected chi connectivity index (χ1v) is 5.99. The normalized spacial score (nSPS) is 11.6. The first-order valence-electron chi connectivity index (χ1n) is 5.99. The highest BCUT2D eigenvalue weighted by Gasteiger charge is 2.37. The lowest BCUT2D eigenvalue weighted by atomic mass is 10.1. The SMILES string of the molecule is COc1cc(C)cc(OC)c1-c1nc(C(F)(F)F)nn1C. The molecule has 0 atom stereocenters. The Balaban J connectivity index is 2.69. The van der Waals surface area contributed by atoms with E-state index in [0.717, 1.165) is 10.2 Å². The topological polar surface area (TPSA) is 49.2 Å². The van der Waals surface area contributed by atoms with Crippen LogP contribution in [0.15, 0.2) is 12.1 Å². The molecule has 0 bridgehead atoms. The lowest BCUT2D eigenvalue weighted by Crippen LogP contribution is -2.08. The minimum absolute atomic E-state index is 0.0241. The lowest BCUT2D eigenvalue weighted by molar-refractivity contribution is -0.144. The Morgan fingerprint density at radius 1 is 1.10 bits per heavy atom. The minimum atomic E-state index is -4.61. The van der Waals surface area contributed by atoms with Gasteiger partial charge in [0.15, 0.2) is 5.82 Å². The molecule has 0 radical (unpaired) electrons. The van der Waals surface area contributed by atoms with Gasteiger partial charge in [-0.15, -0.1) is 5.10 Å². The van der Waals surface area contributed by atoms with E-state index < -0.39 is 12.0 Å². The van der Waals surface area contributed by atoms with Crippen LogP contribution in [0.4, 0.5) is 13.2 Å². The van der Waals surface area contributed by atoms with E-state index in [4.69, 9.17) is 9.47 Å². The summed E-state index contributed by atoms with van der Waals surface area (Å²) in [6.07, 6.45) is -4.61. The van der Waals surface area contributed by atoms with Crippen LogP contribution in [0.2, 0.25) is 0 Å².